The zero-order chi connectivity index (χ0) is 21.5. The monoisotopic (exact) mass is 415 g/mol. The van der Waals surface area contributed by atoms with E-state index in [1.54, 1.807) is 26.4 Å². The predicted molar refractivity (Wildman–Crippen MR) is 110 cm³/mol. The van der Waals surface area contributed by atoms with Gasteiger partial charge in [0, 0.05) is 26.2 Å². The third-order valence-corrected chi connectivity index (χ3v) is 5.03. The first-order chi connectivity index (χ1) is 14.5. The zero-order valence-corrected chi connectivity index (χ0v) is 17.1. The van der Waals surface area contributed by atoms with Crippen molar-refractivity contribution in [3.8, 4) is 11.5 Å². The number of carbonyl (C=O) groups is 2. The van der Waals surface area contributed by atoms with Crippen molar-refractivity contribution in [1.29, 1.82) is 0 Å². The first kappa shape index (κ1) is 21.6. The number of halogens is 1. The van der Waals surface area contributed by atoms with Crippen molar-refractivity contribution in [2.45, 2.75) is 25.6 Å². The van der Waals surface area contributed by atoms with Crippen molar-refractivity contribution in [2.24, 2.45) is 0 Å². The number of piperazine rings is 1. The highest BCUT2D eigenvalue weighted by atomic mass is 19.1. The fourth-order valence-electron chi connectivity index (χ4n) is 3.48. The number of rotatable bonds is 8. The lowest BCUT2D eigenvalue weighted by Crippen LogP contribution is -2.56. The molecule has 160 valence electrons. The molecule has 2 aromatic carbocycles. The maximum absolute atomic E-state index is 13.3. The first-order valence-corrected chi connectivity index (χ1v) is 9.74. The summed E-state index contributed by atoms with van der Waals surface area (Å²) in [5, 5.41) is 5.58. The summed E-state index contributed by atoms with van der Waals surface area (Å²) in [6, 6.07) is 11.1. The second kappa shape index (κ2) is 10.1. The lowest BCUT2D eigenvalue weighted by Gasteiger charge is -2.34. The quantitative estimate of drug-likeness (QED) is 0.688. The standard InChI is InChI=1S/C22H26FN3O4/c1-29-19-7-6-16(11-20(19)30-2)14-26-9-8-24-22(28)18(26)12-21(27)25-13-15-4-3-5-17(23)10-15/h3-7,10-11,18H,8-9,12-14H2,1-2H3,(H,24,28)(H,25,27)/t18-/m1/s1. The van der Waals surface area contributed by atoms with Gasteiger partial charge in [0.15, 0.2) is 11.5 Å². The van der Waals surface area contributed by atoms with Gasteiger partial charge in [-0.2, -0.15) is 0 Å². The van der Waals surface area contributed by atoms with Gasteiger partial charge in [-0.15, -0.1) is 0 Å². The van der Waals surface area contributed by atoms with E-state index in [4.69, 9.17) is 9.47 Å². The Morgan fingerprint density at radius 1 is 1.17 bits per heavy atom. The number of methoxy groups -OCH3 is 2. The van der Waals surface area contributed by atoms with Crippen LogP contribution in [0.4, 0.5) is 4.39 Å². The molecule has 2 N–H and O–H groups in total. The Morgan fingerprint density at radius 3 is 2.70 bits per heavy atom. The van der Waals surface area contributed by atoms with E-state index in [9.17, 15) is 14.0 Å². The molecule has 7 nitrogen and oxygen atoms in total. The molecule has 1 fully saturated rings. The largest absolute Gasteiger partial charge is 0.493 e. The fraction of sp³-hybridized carbons (Fsp3) is 0.364. The maximum atomic E-state index is 13.3. The van der Waals surface area contributed by atoms with E-state index in [-0.39, 0.29) is 30.6 Å². The van der Waals surface area contributed by atoms with Crippen molar-refractivity contribution in [3.05, 3.63) is 59.4 Å². The van der Waals surface area contributed by atoms with Gasteiger partial charge in [0.05, 0.1) is 26.7 Å². The Labute approximate surface area is 175 Å². The number of hydrogen-bond donors (Lipinski definition) is 2. The summed E-state index contributed by atoms with van der Waals surface area (Å²) in [5.74, 6) is 0.447. The predicted octanol–water partition coefficient (Wildman–Crippen LogP) is 1.85. The molecule has 1 saturated heterocycles. The number of nitrogens with zero attached hydrogens (tertiary/aromatic N) is 1. The molecule has 0 bridgehead atoms. The van der Waals surface area contributed by atoms with Crippen LogP contribution >= 0.6 is 0 Å². The van der Waals surface area contributed by atoms with Crippen LogP contribution in [0.2, 0.25) is 0 Å². The van der Waals surface area contributed by atoms with Crippen LogP contribution in [0.25, 0.3) is 0 Å². The number of amides is 2. The maximum Gasteiger partial charge on any atom is 0.237 e. The average molecular weight is 415 g/mol. The minimum absolute atomic E-state index is 0.0223. The summed E-state index contributed by atoms with van der Waals surface area (Å²) in [5.41, 5.74) is 1.62. The Bertz CT molecular complexity index is 906. The summed E-state index contributed by atoms with van der Waals surface area (Å²) >= 11 is 0. The normalized spacial score (nSPS) is 16.6. The third kappa shape index (κ3) is 5.48. The van der Waals surface area contributed by atoms with Gasteiger partial charge < -0.3 is 20.1 Å². The number of carbonyl (C=O) groups excluding carboxylic acids is 2. The molecular formula is C22H26FN3O4. The molecule has 30 heavy (non-hydrogen) atoms. The molecular weight excluding hydrogens is 389 g/mol. The van der Waals surface area contributed by atoms with Crippen LogP contribution in [0.3, 0.4) is 0 Å². The molecule has 2 amide bonds. The molecule has 0 spiro atoms. The molecule has 1 atom stereocenters. The second-order valence-corrected chi connectivity index (χ2v) is 7.08. The van der Waals surface area contributed by atoms with Crippen LogP contribution in [-0.2, 0) is 22.7 Å². The average Bonchev–Trinajstić information content (AvgIpc) is 2.74. The summed E-state index contributed by atoms with van der Waals surface area (Å²) < 4.78 is 23.9. The highest BCUT2D eigenvalue weighted by Crippen LogP contribution is 2.28. The van der Waals surface area contributed by atoms with Gasteiger partial charge in [-0.05, 0) is 35.4 Å². The van der Waals surface area contributed by atoms with Gasteiger partial charge in [0.25, 0.3) is 0 Å². The summed E-state index contributed by atoms with van der Waals surface area (Å²) in [4.78, 5) is 26.9. The molecule has 0 saturated carbocycles. The van der Waals surface area contributed by atoms with Crippen LogP contribution in [0.15, 0.2) is 42.5 Å². The number of nitrogens with one attached hydrogen (secondary N) is 2. The molecule has 0 aliphatic carbocycles. The zero-order valence-electron chi connectivity index (χ0n) is 17.1. The van der Waals surface area contributed by atoms with Crippen LogP contribution in [-0.4, -0.2) is 50.1 Å². The summed E-state index contributed by atoms with van der Waals surface area (Å²) in [6.45, 7) is 1.85. The van der Waals surface area contributed by atoms with Crippen LogP contribution < -0.4 is 20.1 Å². The minimum atomic E-state index is -0.584. The van der Waals surface area contributed by atoms with Gasteiger partial charge in [-0.25, -0.2) is 4.39 Å². The molecule has 0 unspecified atom stereocenters. The van der Waals surface area contributed by atoms with Gasteiger partial charge >= 0.3 is 0 Å². The van der Waals surface area contributed by atoms with Crippen molar-refractivity contribution in [3.63, 3.8) is 0 Å². The summed E-state index contributed by atoms with van der Waals surface area (Å²) in [6.07, 6.45) is 0.0223. The lowest BCUT2D eigenvalue weighted by atomic mass is 10.1. The number of benzene rings is 2. The SMILES string of the molecule is COc1ccc(CN2CCNC(=O)[C@H]2CC(=O)NCc2cccc(F)c2)cc1OC. The Kier molecular flexibility index (Phi) is 7.24. The van der Waals surface area contributed by atoms with E-state index in [1.165, 1.54) is 12.1 Å². The van der Waals surface area contributed by atoms with E-state index in [1.807, 2.05) is 23.1 Å². The van der Waals surface area contributed by atoms with Crippen molar-refractivity contribution in [2.75, 3.05) is 27.3 Å². The first-order valence-electron chi connectivity index (χ1n) is 9.74. The number of ether oxygens (including phenoxy) is 2. The highest BCUT2D eigenvalue weighted by Gasteiger charge is 2.31. The van der Waals surface area contributed by atoms with Crippen LogP contribution in [0.1, 0.15) is 17.5 Å². The van der Waals surface area contributed by atoms with Crippen molar-refractivity contribution >= 4 is 11.8 Å². The van der Waals surface area contributed by atoms with E-state index in [0.717, 1.165) is 5.56 Å². The minimum Gasteiger partial charge on any atom is -0.493 e. The molecule has 0 aromatic heterocycles. The molecule has 1 aliphatic heterocycles. The fourth-order valence-corrected chi connectivity index (χ4v) is 3.48. The lowest BCUT2D eigenvalue weighted by molar-refractivity contribution is -0.134. The number of hydrogen-bond acceptors (Lipinski definition) is 5. The molecule has 2 aromatic rings. The molecule has 0 radical (unpaired) electrons. The van der Waals surface area contributed by atoms with Gasteiger partial charge in [-0.1, -0.05) is 18.2 Å². The Hall–Kier alpha value is -3.13. The van der Waals surface area contributed by atoms with Gasteiger partial charge in [0.2, 0.25) is 11.8 Å². The van der Waals surface area contributed by atoms with Crippen LogP contribution in [0, 0.1) is 5.82 Å². The second-order valence-electron chi connectivity index (χ2n) is 7.08. The molecule has 3 rings (SSSR count). The molecule has 1 heterocycles. The summed E-state index contributed by atoms with van der Waals surface area (Å²) in [7, 11) is 3.15. The molecule has 8 heteroatoms. The van der Waals surface area contributed by atoms with E-state index in [2.05, 4.69) is 10.6 Å². The van der Waals surface area contributed by atoms with Gasteiger partial charge in [0.1, 0.15) is 5.82 Å². The van der Waals surface area contributed by atoms with E-state index in [0.29, 0.717) is 36.7 Å². The van der Waals surface area contributed by atoms with Crippen molar-refractivity contribution in [1.82, 2.24) is 15.5 Å². The third-order valence-electron chi connectivity index (χ3n) is 5.03. The smallest absolute Gasteiger partial charge is 0.237 e. The Morgan fingerprint density at radius 2 is 1.97 bits per heavy atom. The van der Waals surface area contributed by atoms with Gasteiger partial charge in [-0.3, -0.25) is 14.5 Å². The van der Waals surface area contributed by atoms with E-state index >= 15 is 0 Å². The highest BCUT2D eigenvalue weighted by molar-refractivity contribution is 5.88. The Balaban J connectivity index is 1.64. The van der Waals surface area contributed by atoms with Crippen LogP contribution in [0.5, 0.6) is 11.5 Å². The van der Waals surface area contributed by atoms with E-state index < -0.39 is 6.04 Å². The van der Waals surface area contributed by atoms with Crippen molar-refractivity contribution < 1.29 is 23.5 Å². The topological polar surface area (TPSA) is 79.9 Å². The molecule has 1 aliphatic rings.